The fraction of sp³-hybridized carbons (Fsp3) is 0.389. The minimum Gasteiger partial charge on any atom is -0.387 e. The van der Waals surface area contributed by atoms with Crippen LogP contribution in [0.3, 0.4) is 0 Å². The number of aromatic nitrogens is 4. The Morgan fingerprint density at radius 2 is 1.84 bits per heavy atom. The molecule has 0 radical (unpaired) electrons. The first-order valence-corrected chi connectivity index (χ1v) is 11.9. The SMILES string of the molecule is CSC[C@H]1O[C@@H](n2cnc3c(N)ncnc32)[C@H](O)[C@@H]1O.Cc1ccc(S(=O)(=O)O)cc1. The number of benzene rings is 1. The van der Waals surface area contributed by atoms with E-state index in [1.54, 1.807) is 28.5 Å². The summed E-state index contributed by atoms with van der Waals surface area (Å²) < 4.78 is 36.8. The molecule has 168 valence electrons. The molecule has 0 saturated carbocycles. The first-order chi connectivity index (χ1) is 14.6. The van der Waals surface area contributed by atoms with Gasteiger partial charge in [0.25, 0.3) is 10.1 Å². The van der Waals surface area contributed by atoms with Gasteiger partial charge in [0.15, 0.2) is 17.7 Å². The molecule has 1 aliphatic heterocycles. The number of rotatable bonds is 4. The van der Waals surface area contributed by atoms with Crippen LogP contribution in [0.15, 0.2) is 41.8 Å². The van der Waals surface area contributed by atoms with E-state index in [0.29, 0.717) is 16.9 Å². The van der Waals surface area contributed by atoms with Gasteiger partial charge in [0.2, 0.25) is 0 Å². The van der Waals surface area contributed by atoms with E-state index < -0.39 is 34.7 Å². The topological polar surface area (TPSA) is 174 Å². The number of nitrogens with zero attached hydrogens (tertiary/aromatic N) is 4. The summed E-state index contributed by atoms with van der Waals surface area (Å²) in [6, 6.07) is 5.99. The molecule has 1 aromatic carbocycles. The molecule has 0 aliphatic carbocycles. The molecule has 0 bridgehead atoms. The van der Waals surface area contributed by atoms with Gasteiger partial charge in [-0.2, -0.15) is 20.2 Å². The number of anilines is 1. The predicted molar refractivity (Wildman–Crippen MR) is 115 cm³/mol. The summed E-state index contributed by atoms with van der Waals surface area (Å²) in [5.41, 5.74) is 7.60. The van der Waals surface area contributed by atoms with Gasteiger partial charge < -0.3 is 20.7 Å². The van der Waals surface area contributed by atoms with Crippen LogP contribution in [0.2, 0.25) is 0 Å². The third-order valence-corrected chi connectivity index (χ3v) is 6.18. The number of aliphatic hydroxyl groups is 2. The van der Waals surface area contributed by atoms with Crippen molar-refractivity contribution in [3.63, 3.8) is 0 Å². The smallest absolute Gasteiger partial charge is 0.294 e. The molecule has 5 N–H and O–H groups in total. The molecule has 11 nitrogen and oxygen atoms in total. The van der Waals surface area contributed by atoms with Crippen LogP contribution in [0.1, 0.15) is 11.8 Å². The Kier molecular flexibility index (Phi) is 7.13. The molecular weight excluding hydrogens is 446 g/mol. The Morgan fingerprint density at radius 3 is 2.45 bits per heavy atom. The van der Waals surface area contributed by atoms with Crippen LogP contribution in [-0.2, 0) is 14.9 Å². The van der Waals surface area contributed by atoms with Crippen molar-refractivity contribution in [2.75, 3.05) is 17.7 Å². The Morgan fingerprint density at radius 1 is 1.16 bits per heavy atom. The summed E-state index contributed by atoms with van der Waals surface area (Å²) in [6.07, 6.45) is 1.58. The summed E-state index contributed by atoms with van der Waals surface area (Å²) in [5, 5.41) is 20.2. The van der Waals surface area contributed by atoms with Crippen molar-refractivity contribution in [3.8, 4) is 0 Å². The lowest BCUT2D eigenvalue weighted by Gasteiger charge is -2.16. The maximum Gasteiger partial charge on any atom is 0.294 e. The average molecular weight is 470 g/mol. The van der Waals surface area contributed by atoms with Gasteiger partial charge in [-0.1, -0.05) is 17.7 Å². The Hall–Kier alpha value is -2.29. The highest BCUT2D eigenvalue weighted by Crippen LogP contribution is 2.32. The zero-order valence-corrected chi connectivity index (χ0v) is 18.4. The van der Waals surface area contributed by atoms with Crippen molar-refractivity contribution in [1.82, 2.24) is 19.5 Å². The molecule has 3 heterocycles. The Labute approximate surface area is 183 Å². The summed E-state index contributed by atoms with van der Waals surface area (Å²) in [7, 11) is -4.02. The van der Waals surface area contributed by atoms with E-state index in [-0.39, 0.29) is 10.7 Å². The highest BCUT2D eigenvalue weighted by molar-refractivity contribution is 7.98. The molecule has 0 spiro atoms. The van der Waals surface area contributed by atoms with Crippen molar-refractivity contribution in [2.24, 2.45) is 0 Å². The third-order valence-electron chi connectivity index (χ3n) is 4.65. The lowest BCUT2D eigenvalue weighted by Crippen LogP contribution is -2.32. The Balaban J connectivity index is 0.000000210. The van der Waals surface area contributed by atoms with E-state index in [9.17, 15) is 18.6 Å². The fourth-order valence-electron chi connectivity index (χ4n) is 3.03. The molecule has 1 fully saturated rings. The van der Waals surface area contributed by atoms with E-state index in [1.165, 1.54) is 24.8 Å². The number of aryl methyl sites for hydroxylation is 1. The standard InChI is InChI=1S/C11H15N5O3S.C7H8O3S/c1-20-2-5-7(17)8(18)11(19-5)16-4-15-6-9(12)13-3-14-10(6)16;1-6-2-4-7(5-3-6)11(8,9)10/h3-5,7-8,11,17-18H,2H2,1H3,(H2,12,13,14);2-5H,1H3,(H,8,9,10)/t5-,7-,8-,11-;/m1./s1. The normalized spacial score (nSPS) is 23.5. The molecule has 2 aromatic heterocycles. The monoisotopic (exact) mass is 469 g/mol. The molecule has 4 rings (SSSR count). The van der Waals surface area contributed by atoms with Gasteiger partial charge in [0, 0.05) is 5.75 Å². The number of ether oxygens (including phenoxy) is 1. The van der Waals surface area contributed by atoms with Gasteiger partial charge in [-0.15, -0.1) is 0 Å². The third kappa shape index (κ3) is 5.14. The largest absolute Gasteiger partial charge is 0.387 e. The molecule has 1 aliphatic rings. The molecule has 1 saturated heterocycles. The van der Waals surface area contributed by atoms with E-state index >= 15 is 0 Å². The maximum atomic E-state index is 10.5. The maximum absolute atomic E-state index is 10.5. The summed E-state index contributed by atoms with van der Waals surface area (Å²) in [5.74, 6) is 0.862. The number of fused-ring (bicyclic) bond motifs is 1. The molecule has 4 atom stereocenters. The lowest BCUT2D eigenvalue weighted by molar-refractivity contribution is -0.0288. The van der Waals surface area contributed by atoms with Crippen LogP contribution in [0.25, 0.3) is 11.2 Å². The van der Waals surface area contributed by atoms with Crippen LogP contribution in [0, 0.1) is 6.92 Å². The van der Waals surface area contributed by atoms with Crippen LogP contribution >= 0.6 is 11.8 Å². The first kappa shape index (κ1) is 23.4. The number of hydrogen-bond donors (Lipinski definition) is 4. The van der Waals surface area contributed by atoms with Crippen molar-refractivity contribution in [3.05, 3.63) is 42.5 Å². The van der Waals surface area contributed by atoms with Gasteiger partial charge in [-0.05, 0) is 25.3 Å². The highest BCUT2D eigenvalue weighted by atomic mass is 32.2. The van der Waals surface area contributed by atoms with Gasteiger partial charge in [-0.3, -0.25) is 9.12 Å². The molecular formula is C18H23N5O6S2. The van der Waals surface area contributed by atoms with Crippen molar-refractivity contribution in [1.29, 1.82) is 0 Å². The minimum atomic E-state index is -4.02. The highest BCUT2D eigenvalue weighted by Gasteiger charge is 2.43. The minimum absolute atomic E-state index is 0.0666. The number of nitrogens with two attached hydrogens (primary N) is 1. The van der Waals surface area contributed by atoms with E-state index in [2.05, 4.69) is 15.0 Å². The summed E-state index contributed by atoms with van der Waals surface area (Å²) >= 11 is 1.54. The lowest BCUT2D eigenvalue weighted by atomic mass is 10.1. The molecule has 0 unspecified atom stereocenters. The van der Waals surface area contributed by atoms with E-state index in [4.69, 9.17) is 15.0 Å². The summed E-state index contributed by atoms with van der Waals surface area (Å²) in [6.45, 7) is 1.84. The molecule has 13 heteroatoms. The second-order valence-corrected chi connectivity index (χ2v) is 9.20. The quantitative estimate of drug-likeness (QED) is 0.395. The number of nitrogen functional groups attached to an aromatic ring is 1. The second kappa shape index (κ2) is 9.46. The van der Waals surface area contributed by atoms with Gasteiger partial charge in [0.1, 0.15) is 24.1 Å². The van der Waals surface area contributed by atoms with Crippen LogP contribution in [-0.4, -0.2) is 73.0 Å². The van der Waals surface area contributed by atoms with Crippen molar-refractivity contribution in [2.45, 2.75) is 36.4 Å². The predicted octanol–water partition coefficient (Wildman–Crippen LogP) is 0.632. The van der Waals surface area contributed by atoms with Crippen LogP contribution in [0.4, 0.5) is 5.82 Å². The second-order valence-electron chi connectivity index (χ2n) is 6.87. The van der Waals surface area contributed by atoms with Crippen LogP contribution in [0.5, 0.6) is 0 Å². The van der Waals surface area contributed by atoms with Crippen molar-refractivity contribution >= 4 is 38.9 Å². The molecule has 0 amide bonds. The summed E-state index contributed by atoms with van der Waals surface area (Å²) in [4.78, 5) is 12.0. The number of hydrogen-bond acceptors (Lipinski definition) is 10. The molecule has 31 heavy (non-hydrogen) atoms. The first-order valence-electron chi connectivity index (χ1n) is 9.11. The Bertz CT molecular complexity index is 1140. The fourth-order valence-corrected chi connectivity index (χ4v) is 4.11. The van der Waals surface area contributed by atoms with Crippen molar-refractivity contribution < 1.29 is 27.9 Å². The molecule has 3 aromatic rings. The van der Waals surface area contributed by atoms with Gasteiger partial charge in [0.05, 0.1) is 17.3 Å². The number of aliphatic hydroxyl groups excluding tert-OH is 2. The zero-order valence-electron chi connectivity index (χ0n) is 16.7. The average Bonchev–Trinajstić information content (AvgIpc) is 3.26. The van der Waals surface area contributed by atoms with Gasteiger partial charge >= 0.3 is 0 Å². The number of thioether (sulfide) groups is 1. The zero-order chi connectivity index (χ0) is 22.8. The van der Waals surface area contributed by atoms with E-state index in [1.807, 2.05) is 13.2 Å². The van der Waals surface area contributed by atoms with Crippen LogP contribution < -0.4 is 5.73 Å². The van der Waals surface area contributed by atoms with Gasteiger partial charge in [-0.25, -0.2) is 15.0 Å². The van der Waals surface area contributed by atoms with E-state index in [0.717, 1.165) is 5.56 Å². The number of imidazole rings is 1.